The Hall–Kier alpha value is -2.42. The number of rotatable bonds is 3. The van der Waals surface area contributed by atoms with Gasteiger partial charge in [-0.1, -0.05) is 23.8 Å². The molecule has 1 aromatic carbocycles. The molecule has 0 saturated heterocycles. The Morgan fingerprint density at radius 2 is 1.95 bits per heavy atom. The maximum absolute atomic E-state index is 4.15. The Kier molecular flexibility index (Phi) is 3.57. The zero-order valence-electron chi connectivity index (χ0n) is 12.7. The van der Waals surface area contributed by atoms with E-state index in [0.717, 1.165) is 6.54 Å². The summed E-state index contributed by atoms with van der Waals surface area (Å²) in [5.74, 6) is 0. The molecule has 21 heavy (non-hydrogen) atoms. The molecule has 0 atom stereocenters. The van der Waals surface area contributed by atoms with Gasteiger partial charge in [-0.2, -0.15) is 0 Å². The quantitative estimate of drug-likeness (QED) is 0.533. The average Bonchev–Trinajstić information content (AvgIpc) is 2.87. The van der Waals surface area contributed by atoms with Crippen molar-refractivity contribution in [3.05, 3.63) is 77.6 Å². The van der Waals surface area contributed by atoms with Crippen LogP contribution in [0, 0.1) is 27.1 Å². The molecule has 0 N–H and O–H groups in total. The van der Waals surface area contributed by atoms with Gasteiger partial charge in [-0.05, 0) is 38.0 Å². The zero-order chi connectivity index (χ0) is 14.8. The minimum atomic E-state index is 0.783. The molecule has 0 aliphatic carbocycles. The predicted molar refractivity (Wildman–Crippen MR) is 82.4 cm³/mol. The molecule has 3 rings (SSSR count). The second kappa shape index (κ2) is 5.52. The van der Waals surface area contributed by atoms with Crippen LogP contribution in [0.3, 0.4) is 0 Å². The lowest BCUT2D eigenvalue weighted by atomic mass is 10.1. The van der Waals surface area contributed by atoms with Crippen LogP contribution in [0.1, 0.15) is 22.3 Å². The zero-order valence-corrected chi connectivity index (χ0v) is 12.7. The first-order chi connectivity index (χ1) is 10.1. The van der Waals surface area contributed by atoms with E-state index in [-0.39, 0.29) is 0 Å². The van der Waals surface area contributed by atoms with Crippen LogP contribution in [0.25, 0.3) is 5.69 Å². The van der Waals surface area contributed by atoms with Crippen LogP contribution in [0.2, 0.25) is 0 Å². The molecule has 0 saturated carbocycles. The minimum Gasteiger partial charge on any atom is -0.326 e. The largest absolute Gasteiger partial charge is 0.326 e. The van der Waals surface area contributed by atoms with Crippen molar-refractivity contribution in [3.63, 3.8) is 0 Å². The SMILES string of the molecule is Cc1cc(C)c(-n2[c-][n+](Cc3cccnc3)cc2)c(C)c1. The summed E-state index contributed by atoms with van der Waals surface area (Å²) in [5, 5.41) is 0. The monoisotopic (exact) mass is 277 g/mol. The molecule has 0 amide bonds. The molecule has 0 unspecified atom stereocenters. The van der Waals surface area contributed by atoms with Crippen molar-refractivity contribution in [1.82, 2.24) is 9.55 Å². The van der Waals surface area contributed by atoms with Crippen molar-refractivity contribution in [2.75, 3.05) is 0 Å². The maximum Gasteiger partial charge on any atom is 0.243 e. The summed E-state index contributed by atoms with van der Waals surface area (Å²) in [5.41, 5.74) is 6.23. The topological polar surface area (TPSA) is 21.7 Å². The van der Waals surface area contributed by atoms with Crippen LogP contribution in [0.5, 0.6) is 0 Å². The number of hydrogen-bond donors (Lipinski definition) is 0. The van der Waals surface area contributed by atoms with Gasteiger partial charge in [0.05, 0.1) is 12.2 Å². The molecule has 106 valence electrons. The van der Waals surface area contributed by atoms with Gasteiger partial charge in [-0.15, -0.1) is 0 Å². The third-order valence-electron chi connectivity index (χ3n) is 3.58. The molecule has 3 heteroatoms. The summed E-state index contributed by atoms with van der Waals surface area (Å²) in [6.45, 7) is 7.21. The lowest BCUT2D eigenvalue weighted by Crippen LogP contribution is -2.32. The molecular formula is C18H19N3. The van der Waals surface area contributed by atoms with E-state index >= 15 is 0 Å². The Balaban J connectivity index is 1.92. The van der Waals surface area contributed by atoms with Gasteiger partial charge in [0, 0.05) is 30.4 Å². The molecule has 0 aliphatic rings. The molecule has 2 aromatic heterocycles. The number of aromatic nitrogens is 3. The van der Waals surface area contributed by atoms with E-state index in [1.807, 2.05) is 18.5 Å². The standard InChI is InChI=1S/C18H19N3/c1-14-9-15(2)18(16(3)10-14)21-8-7-20(13-21)12-17-5-4-6-19-11-17/h4-11H,12H2,1-3H3. The molecule has 0 spiro atoms. The van der Waals surface area contributed by atoms with Crippen LogP contribution in [-0.4, -0.2) is 9.55 Å². The van der Waals surface area contributed by atoms with Crippen LogP contribution < -0.4 is 4.57 Å². The molecule has 3 nitrogen and oxygen atoms in total. The Morgan fingerprint density at radius 3 is 2.62 bits per heavy atom. The lowest BCUT2D eigenvalue weighted by Gasteiger charge is -2.12. The van der Waals surface area contributed by atoms with Crippen LogP contribution in [-0.2, 0) is 6.54 Å². The number of hydrogen-bond acceptors (Lipinski definition) is 1. The second-order valence-corrected chi connectivity index (χ2v) is 5.50. The first-order valence-corrected chi connectivity index (χ1v) is 7.11. The smallest absolute Gasteiger partial charge is 0.243 e. The van der Waals surface area contributed by atoms with Gasteiger partial charge < -0.3 is 9.13 Å². The summed E-state index contributed by atoms with van der Waals surface area (Å²) >= 11 is 0. The van der Waals surface area contributed by atoms with Gasteiger partial charge in [0.2, 0.25) is 6.33 Å². The summed E-state index contributed by atoms with van der Waals surface area (Å²) in [7, 11) is 0. The highest BCUT2D eigenvalue weighted by molar-refractivity contribution is 5.48. The van der Waals surface area contributed by atoms with E-state index in [1.165, 1.54) is 27.9 Å². The van der Waals surface area contributed by atoms with Crippen LogP contribution >= 0.6 is 0 Å². The van der Waals surface area contributed by atoms with Crippen molar-refractivity contribution in [2.24, 2.45) is 0 Å². The third-order valence-corrected chi connectivity index (χ3v) is 3.58. The number of nitrogens with zero attached hydrogens (tertiary/aromatic N) is 3. The number of imidazole rings is 1. The fourth-order valence-corrected chi connectivity index (χ4v) is 2.81. The van der Waals surface area contributed by atoms with Crippen LogP contribution in [0.4, 0.5) is 0 Å². The van der Waals surface area contributed by atoms with Gasteiger partial charge in [0.25, 0.3) is 0 Å². The van der Waals surface area contributed by atoms with Crippen molar-refractivity contribution < 1.29 is 4.57 Å². The number of pyridine rings is 1. The molecule has 2 heterocycles. The Morgan fingerprint density at radius 1 is 1.19 bits per heavy atom. The first kappa shape index (κ1) is 13.6. The van der Waals surface area contributed by atoms with Crippen molar-refractivity contribution in [1.29, 1.82) is 0 Å². The highest BCUT2D eigenvalue weighted by Gasteiger charge is 2.07. The average molecular weight is 277 g/mol. The van der Waals surface area contributed by atoms with Crippen molar-refractivity contribution in [2.45, 2.75) is 27.3 Å². The van der Waals surface area contributed by atoms with E-state index in [4.69, 9.17) is 0 Å². The van der Waals surface area contributed by atoms with E-state index < -0.39 is 0 Å². The maximum atomic E-state index is 4.15. The summed E-state index contributed by atoms with van der Waals surface area (Å²) in [6.07, 6.45) is 11.2. The van der Waals surface area contributed by atoms with Crippen LogP contribution in [0.15, 0.2) is 49.1 Å². The Bertz CT molecular complexity index is 734. The number of benzene rings is 1. The summed E-state index contributed by atoms with van der Waals surface area (Å²) in [4.78, 5) is 4.15. The molecular weight excluding hydrogens is 258 g/mol. The molecule has 0 aliphatic heterocycles. The highest BCUT2D eigenvalue weighted by Crippen LogP contribution is 2.20. The fourth-order valence-electron chi connectivity index (χ4n) is 2.81. The fraction of sp³-hybridized carbons (Fsp3) is 0.222. The first-order valence-electron chi connectivity index (χ1n) is 7.11. The number of aryl methyl sites for hydroxylation is 3. The second-order valence-electron chi connectivity index (χ2n) is 5.50. The van der Waals surface area contributed by atoms with Gasteiger partial charge >= 0.3 is 0 Å². The van der Waals surface area contributed by atoms with Gasteiger partial charge in [-0.3, -0.25) is 4.98 Å². The van der Waals surface area contributed by atoms with E-state index in [1.54, 1.807) is 6.20 Å². The summed E-state index contributed by atoms with van der Waals surface area (Å²) in [6, 6.07) is 8.46. The highest BCUT2D eigenvalue weighted by atomic mass is 15.1. The normalized spacial score (nSPS) is 10.8. The van der Waals surface area contributed by atoms with E-state index in [2.05, 4.69) is 65.6 Å². The Labute approximate surface area is 125 Å². The molecule has 0 radical (unpaired) electrons. The third kappa shape index (κ3) is 2.87. The van der Waals surface area contributed by atoms with Gasteiger partial charge in [0.1, 0.15) is 0 Å². The van der Waals surface area contributed by atoms with Gasteiger partial charge in [-0.25, -0.2) is 0 Å². The van der Waals surface area contributed by atoms with E-state index in [9.17, 15) is 0 Å². The lowest BCUT2D eigenvalue weighted by molar-refractivity contribution is -0.691. The summed E-state index contributed by atoms with van der Waals surface area (Å²) < 4.78 is 4.12. The van der Waals surface area contributed by atoms with E-state index in [0.29, 0.717) is 0 Å². The van der Waals surface area contributed by atoms with Gasteiger partial charge in [0.15, 0.2) is 0 Å². The van der Waals surface area contributed by atoms with Crippen molar-refractivity contribution >= 4 is 0 Å². The van der Waals surface area contributed by atoms with Crippen molar-refractivity contribution in [3.8, 4) is 5.69 Å². The molecule has 3 aromatic rings. The minimum absolute atomic E-state index is 0.783. The molecule has 0 fully saturated rings. The predicted octanol–water partition coefficient (Wildman–Crippen LogP) is 2.93. The molecule has 0 bridgehead atoms.